The second-order valence-electron chi connectivity index (χ2n) is 5.92. The van der Waals surface area contributed by atoms with Crippen LogP contribution in [-0.2, 0) is 11.2 Å². The molecule has 1 aliphatic rings. The maximum Gasteiger partial charge on any atom is 0.255 e. The molecule has 0 radical (unpaired) electrons. The highest BCUT2D eigenvalue weighted by Gasteiger charge is 2.26. The van der Waals surface area contributed by atoms with E-state index >= 15 is 0 Å². The third-order valence-electron chi connectivity index (χ3n) is 4.32. The van der Waals surface area contributed by atoms with Gasteiger partial charge in [0.05, 0.1) is 17.0 Å². The fraction of sp³-hybridized carbons (Fsp3) is 0.263. The topological polar surface area (TPSA) is 40.6 Å². The van der Waals surface area contributed by atoms with Crippen molar-refractivity contribution in [2.24, 2.45) is 0 Å². The summed E-state index contributed by atoms with van der Waals surface area (Å²) in [6, 6.07) is 13.2. The molecule has 6 heteroatoms. The van der Waals surface area contributed by atoms with Crippen LogP contribution >= 0.6 is 11.6 Å². The first kappa shape index (κ1) is 17.4. The Morgan fingerprint density at radius 3 is 2.20 bits per heavy atom. The van der Waals surface area contributed by atoms with E-state index < -0.39 is 0 Å². The van der Waals surface area contributed by atoms with Crippen molar-refractivity contribution >= 4 is 23.4 Å². The van der Waals surface area contributed by atoms with E-state index in [1.807, 2.05) is 0 Å². The van der Waals surface area contributed by atoms with Gasteiger partial charge in [-0.1, -0.05) is 41.9 Å². The van der Waals surface area contributed by atoms with E-state index in [-0.39, 0.29) is 24.1 Å². The van der Waals surface area contributed by atoms with Crippen LogP contribution in [0.3, 0.4) is 0 Å². The number of carbonyl (C=O) groups excluding carboxylic acids is 2. The Morgan fingerprint density at radius 1 is 0.920 bits per heavy atom. The lowest BCUT2D eigenvalue weighted by molar-refractivity contribution is -0.132. The Balaban J connectivity index is 1.58. The summed E-state index contributed by atoms with van der Waals surface area (Å²) in [6.45, 7) is 1.74. The highest BCUT2D eigenvalue weighted by Crippen LogP contribution is 2.18. The number of carbonyl (C=O) groups is 2. The van der Waals surface area contributed by atoms with Crippen LogP contribution in [0.5, 0.6) is 0 Å². The van der Waals surface area contributed by atoms with E-state index in [2.05, 4.69) is 0 Å². The van der Waals surface area contributed by atoms with Crippen molar-refractivity contribution in [2.75, 3.05) is 26.2 Å². The summed E-state index contributed by atoms with van der Waals surface area (Å²) in [4.78, 5) is 28.2. The Labute approximate surface area is 150 Å². The van der Waals surface area contributed by atoms with Crippen LogP contribution < -0.4 is 0 Å². The molecule has 0 aromatic heterocycles. The molecule has 0 atom stereocenters. The highest BCUT2D eigenvalue weighted by molar-refractivity contribution is 6.33. The maximum absolute atomic E-state index is 13.7. The van der Waals surface area contributed by atoms with Gasteiger partial charge in [-0.2, -0.15) is 0 Å². The van der Waals surface area contributed by atoms with E-state index in [1.54, 1.807) is 52.3 Å². The number of rotatable bonds is 3. The largest absolute Gasteiger partial charge is 0.339 e. The molecule has 4 nitrogen and oxygen atoms in total. The average Bonchev–Trinajstić information content (AvgIpc) is 2.63. The van der Waals surface area contributed by atoms with Gasteiger partial charge >= 0.3 is 0 Å². The molecule has 0 spiro atoms. The molecule has 1 saturated heterocycles. The third kappa shape index (κ3) is 3.99. The first-order chi connectivity index (χ1) is 12.1. The first-order valence-electron chi connectivity index (χ1n) is 8.11. The monoisotopic (exact) mass is 360 g/mol. The van der Waals surface area contributed by atoms with Gasteiger partial charge in [-0.3, -0.25) is 9.59 Å². The normalized spacial score (nSPS) is 14.5. The summed E-state index contributed by atoms with van der Waals surface area (Å²) in [6.07, 6.45) is 0.0329. The Hall–Kier alpha value is -2.40. The van der Waals surface area contributed by atoms with Gasteiger partial charge < -0.3 is 9.80 Å². The summed E-state index contributed by atoms with van der Waals surface area (Å²) in [7, 11) is 0. The maximum atomic E-state index is 13.7. The third-order valence-corrected chi connectivity index (χ3v) is 4.65. The summed E-state index contributed by atoms with van der Waals surface area (Å²) >= 11 is 6.08. The van der Waals surface area contributed by atoms with Crippen LogP contribution in [-0.4, -0.2) is 47.8 Å². The smallest absolute Gasteiger partial charge is 0.255 e. The van der Waals surface area contributed by atoms with Crippen molar-refractivity contribution < 1.29 is 14.0 Å². The molecule has 0 unspecified atom stereocenters. The predicted octanol–water partition coefficient (Wildman–Crippen LogP) is 3.01. The van der Waals surface area contributed by atoms with Crippen LogP contribution in [0.15, 0.2) is 48.5 Å². The number of halogens is 2. The summed E-state index contributed by atoms with van der Waals surface area (Å²) in [5.41, 5.74) is 0.859. The fourth-order valence-corrected chi connectivity index (χ4v) is 3.10. The quantitative estimate of drug-likeness (QED) is 0.844. The number of piperazine rings is 1. The predicted molar refractivity (Wildman–Crippen MR) is 94.0 cm³/mol. The van der Waals surface area contributed by atoms with Crippen molar-refractivity contribution in [3.05, 3.63) is 70.5 Å². The van der Waals surface area contributed by atoms with Gasteiger partial charge in [-0.25, -0.2) is 4.39 Å². The average molecular weight is 361 g/mol. The second-order valence-corrected chi connectivity index (χ2v) is 6.33. The second kappa shape index (κ2) is 7.66. The molecular weight excluding hydrogens is 343 g/mol. The van der Waals surface area contributed by atoms with Crippen molar-refractivity contribution in [3.8, 4) is 0 Å². The molecule has 1 fully saturated rings. The van der Waals surface area contributed by atoms with Gasteiger partial charge in [0.1, 0.15) is 5.82 Å². The van der Waals surface area contributed by atoms with Gasteiger partial charge in [0.2, 0.25) is 5.91 Å². The molecule has 1 heterocycles. The van der Waals surface area contributed by atoms with Gasteiger partial charge in [-0.15, -0.1) is 0 Å². The molecule has 2 amide bonds. The van der Waals surface area contributed by atoms with Crippen LogP contribution in [0.1, 0.15) is 15.9 Å². The van der Waals surface area contributed by atoms with Gasteiger partial charge in [-0.05, 0) is 23.8 Å². The zero-order chi connectivity index (χ0) is 17.8. The van der Waals surface area contributed by atoms with Crippen LogP contribution in [0.4, 0.5) is 4.39 Å². The Bertz CT molecular complexity index is 788. The molecule has 0 saturated carbocycles. The van der Waals surface area contributed by atoms with E-state index in [1.165, 1.54) is 6.07 Å². The lowest BCUT2D eigenvalue weighted by Crippen LogP contribution is -2.51. The number of nitrogens with zero attached hydrogens (tertiary/aromatic N) is 2. The Kier molecular flexibility index (Phi) is 5.34. The molecule has 25 heavy (non-hydrogen) atoms. The SMILES string of the molecule is O=C(Cc1ccccc1F)N1CCN(C(=O)c2ccccc2Cl)CC1. The molecule has 0 bridgehead atoms. The molecule has 0 N–H and O–H groups in total. The molecule has 130 valence electrons. The van der Waals surface area contributed by atoms with Crippen molar-refractivity contribution in [3.63, 3.8) is 0 Å². The number of amides is 2. The van der Waals surface area contributed by atoms with Gasteiger partial charge in [0, 0.05) is 26.2 Å². The van der Waals surface area contributed by atoms with E-state index in [0.29, 0.717) is 42.3 Å². The molecular formula is C19H18ClFN2O2. The van der Waals surface area contributed by atoms with E-state index in [4.69, 9.17) is 11.6 Å². The molecule has 2 aromatic carbocycles. The van der Waals surface area contributed by atoms with Gasteiger partial charge in [0.15, 0.2) is 0 Å². The first-order valence-corrected chi connectivity index (χ1v) is 8.49. The van der Waals surface area contributed by atoms with Crippen molar-refractivity contribution in [2.45, 2.75) is 6.42 Å². The summed E-state index contributed by atoms with van der Waals surface area (Å²) < 4.78 is 13.7. The minimum Gasteiger partial charge on any atom is -0.339 e. The Morgan fingerprint density at radius 2 is 1.52 bits per heavy atom. The molecule has 3 rings (SSSR count). The summed E-state index contributed by atoms with van der Waals surface area (Å²) in [5, 5.41) is 0.422. The highest BCUT2D eigenvalue weighted by atomic mass is 35.5. The fourth-order valence-electron chi connectivity index (χ4n) is 2.88. The molecule has 2 aromatic rings. The molecule has 0 aliphatic carbocycles. The van der Waals surface area contributed by atoms with Crippen LogP contribution in [0.2, 0.25) is 5.02 Å². The molecule has 1 aliphatic heterocycles. The van der Waals surface area contributed by atoms with Crippen LogP contribution in [0.25, 0.3) is 0 Å². The van der Waals surface area contributed by atoms with Crippen LogP contribution in [0, 0.1) is 5.82 Å². The number of benzene rings is 2. The van der Waals surface area contributed by atoms with Crippen molar-refractivity contribution in [1.29, 1.82) is 0 Å². The standard InChI is InChI=1S/C19H18ClFN2O2/c20-16-7-3-2-6-15(16)19(25)23-11-9-22(10-12-23)18(24)13-14-5-1-4-8-17(14)21/h1-8H,9-13H2. The van der Waals surface area contributed by atoms with Gasteiger partial charge in [0.25, 0.3) is 5.91 Å². The zero-order valence-electron chi connectivity index (χ0n) is 13.6. The lowest BCUT2D eigenvalue weighted by atomic mass is 10.1. The number of hydrogen-bond acceptors (Lipinski definition) is 2. The lowest BCUT2D eigenvalue weighted by Gasteiger charge is -2.35. The van der Waals surface area contributed by atoms with E-state index in [0.717, 1.165) is 0 Å². The number of hydrogen-bond donors (Lipinski definition) is 0. The summed E-state index contributed by atoms with van der Waals surface area (Å²) in [5.74, 6) is -0.634. The zero-order valence-corrected chi connectivity index (χ0v) is 14.4. The minimum absolute atomic E-state index is 0.0329. The van der Waals surface area contributed by atoms with E-state index in [9.17, 15) is 14.0 Å². The van der Waals surface area contributed by atoms with Crippen molar-refractivity contribution in [1.82, 2.24) is 9.80 Å². The minimum atomic E-state index is -0.372.